The number of hydrogen-bond donors (Lipinski definition) is 1. The number of thiophene rings is 2. The predicted molar refractivity (Wildman–Crippen MR) is 262 cm³/mol. The van der Waals surface area contributed by atoms with E-state index in [0.29, 0.717) is 55.5 Å². The minimum Gasteiger partial charge on any atom is -0.411 e. The molecule has 0 spiro atoms. The third-order valence-corrected chi connectivity index (χ3v) is 12.1. The quantitative estimate of drug-likeness (QED) is 0.0203. The molecular formula is C50H49ClN4O8S2. The number of halogens is 1. The number of oxime groups is 2. The highest BCUT2D eigenvalue weighted by atomic mass is 35.5. The molecule has 0 atom stereocenters. The molecule has 65 heavy (non-hydrogen) atoms. The lowest BCUT2D eigenvalue weighted by Gasteiger charge is -2.08. The molecule has 0 aliphatic carbocycles. The predicted octanol–water partition coefficient (Wildman–Crippen LogP) is 11.5. The Labute approximate surface area is 389 Å². The van der Waals surface area contributed by atoms with Gasteiger partial charge in [0.25, 0.3) is 0 Å². The lowest BCUT2D eigenvalue weighted by Crippen LogP contribution is -2.06. The molecule has 336 valence electrons. The van der Waals surface area contributed by atoms with Gasteiger partial charge in [0.15, 0.2) is 0 Å². The van der Waals surface area contributed by atoms with Crippen LogP contribution >= 0.6 is 34.3 Å². The minimum atomic E-state index is -0.463. The van der Waals surface area contributed by atoms with Crippen molar-refractivity contribution in [2.24, 2.45) is 10.3 Å². The summed E-state index contributed by atoms with van der Waals surface area (Å²) in [5, 5.41) is 23.9. The van der Waals surface area contributed by atoms with Gasteiger partial charge in [-0.2, -0.15) is 0 Å². The van der Waals surface area contributed by atoms with Gasteiger partial charge in [0.2, 0.25) is 16.8 Å². The second-order valence-corrected chi connectivity index (χ2v) is 17.1. The van der Waals surface area contributed by atoms with Crippen molar-refractivity contribution in [2.75, 3.05) is 26.4 Å². The standard InChI is InChI=1S/C25H24N2O4S.C23H22N2O3S.C2H3ClO/c1-4-30-12-11-27-22-9-7-18(16(2)26-31-17(3)28)14-20(22)21-15-19(8-10-23(21)27)25(29)24-6-5-13-32-24;1-3-28-11-10-25-20-8-6-16(15(2)24-27)13-18(20)19-14-17(7-9-21(19)25)23(26)22-5-4-12-29-22;1-2(3)4/h5-10,13-15H,4,11-12H2,1-3H3;4-9,12-14,27H,3,10-11H2,1-2H3;1H3/b26-16+;24-15+;. The number of carbonyl (C=O) groups is 4. The monoisotopic (exact) mass is 932 g/mol. The average molecular weight is 934 g/mol. The van der Waals surface area contributed by atoms with Crippen LogP contribution in [0.4, 0.5) is 0 Å². The highest BCUT2D eigenvalue weighted by Gasteiger charge is 2.18. The number of rotatable bonds is 15. The molecule has 15 heteroatoms. The zero-order valence-corrected chi connectivity index (χ0v) is 39.3. The largest absolute Gasteiger partial charge is 0.411 e. The van der Waals surface area contributed by atoms with Crippen molar-refractivity contribution >= 4 is 112 Å². The van der Waals surface area contributed by atoms with Crippen molar-refractivity contribution in [3.05, 3.63) is 140 Å². The summed E-state index contributed by atoms with van der Waals surface area (Å²) in [6.45, 7) is 14.1. The van der Waals surface area contributed by atoms with Crippen LogP contribution in [0.2, 0.25) is 0 Å². The maximum Gasteiger partial charge on any atom is 0.331 e. The summed E-state index contributed by atoms with van der Waals surface area (Å²) < 4.78 is 15.6. The van der Waals surface area contributed by atoms with E-state index in [1.165, 1.54) is 36.5 Å². The Morgan fingerprint density at radius 3 is 1.29 bits per heavy atom. The van der Waals surface area contributed by atoms with E-state index in [1.54, 1.807) is 13.8 Å². The third kappa shape index (κ3) is 11.5. The van der Waals surface area contributed by atoms with Crippen LogP contribution in [0, 0.1) is 0 Å². The van der Waals surface area contributed by atoms with Gasteiger partial charge in [-0.25, -0.2) is 4.79 Å². The Morgan fingerprint density at radius 1 is 0.585 bits per heavy atom. The summed E-state index contributed by atoms with van der Waals surface area (Å²) in [4.78, 5) is 52.4. The second kappa shape index (κ2) is 22.6. The number of ketones is 2. The molecule has 0 saturated carbocycles. The Hall–Kier alpha value is -6.29. The van der Waals surface area contributed by atoms with E-state index in [9.17, 15) is 19.2 Å². The van der Waals surface area contributed by atoms with Gasteiger partial charge in [0.1, 0.15) is 0 Å². The fourth-order valence-electron chi connectivity index (χ4n) is 7.37. The zero-order chi connectivity index (χ0) is 46.6. The summed E-state index contributed by atoms with van der Waals surface area (Å²) in [5.74, 6) is -0.420. The van der Waals surface area contributed by atoms with Crippen molar-refractivity contribution < 1.29 is 38.7 Å². The fourth-order valence-corrected chi connectivity index (χ4v) is 8.74. The van der Waals surface area contributed by atoms with E-state index in [2.05, 4.69) is 31.0 Å². The van der Waals surface area contributed by atoms with E-state index in [4.69, 9.17) is 19.5 Å². The van der Waals surface area contributed by atoms with Gasteiger partial charge in [-0.3, -0.25) is 14.4 Å². The molecule has 0 fully saturated rings. The van der Waals surface area contributed by atoms with Crippen LogP contribution in [0.5, 0.6) is 0 Å². The Bertz CT molecular complexity index is 3040. The van der Waals surface area contributed by atoms with Crippen LogP contribution in [0.1, 0.15) is 83.1 Å². The smallest absolute Gasteiger partial charge is 0.331 e. The van der Waals surface area contributed by atoms with E-state index in [-0.39, 0.29) is 16.8 Å². The van der Waals surface area contributed by atoms with Crippen LogP contribution in [0.15, 0.2) is 118 Å². The Balaban J connectivity index is 0.000000200. The molecule has 0 amide bonds. The van der Waals surface area contributed by atoms with Crippen LogP contribution < -0.4 is 0 Å². The maximum atomic E-state index is 12.9. The highest BCUT2D eigenvalue weighted by Crippen LogP contribution is 2.34. The molecule has 0 radical (unpaired) electrons. The first-order chi connectivity index (χ1) is 31.4. The molecule has 0 aliphatic heterocycles. The third-order valence-electron chi connectivity index (χ3n) is 10.4. The number of benzene rings is 4. The number of fused-ring (bicyclic) bond motifs is 6. The molecule has 8 rings (SSSR count). The van der Waals surface area contributed by atoms with E-state index in [0.717, 1.165) is 71.0 Å². The zero-order valence-electron chi connectivity index (χ0n) is 36.9. The van der Waals surface area contributed by atoms with Crippen molar-refractivity contribution in [1.82, 2.24) is 9.13 Å². The lowest BCUT2D eigenvalue weighted by molar-refractivity contribution is -0.140. The first-order valence-corrected chi connectivity index (χ1v) is 23.0. The van der Waals surface area contributed by atoms with Crippen LogP contribution in [0.25, 0.3) is 43.6 Å². The summed E-state index contributed by atoms with van der Waals surface area (Å²) in [6, 6.07) is 31.2. The number of nitrogens with zero attached hydrogens (tertiary/aromatic N) is 4. The first kappa shape index (κ1) is 48.2. The molecule has 4 heterocycles. The number of hydrogen-bond acceptors (Lipinski definition) is 12. The fraction of sp³-hybridized carbons (Fsp3) is 0.240. The number of aromatic nitrogens is 2. The summed E-state index contributed by atoms with van der Waals surface area (Å²) >= 11 is 7.52. The molecule has 12 nitrogen and oxygen atoms in total. The van der Waals surface area contributed by atoms with Crippen LogP contribution in [0.3, 0.4) is 0 Å². The maximum absolute atomic E-state index is 12.9. The molecule has 4 aromatic heterocycles. The Morgan fingerprint density at radius 2 is 0.954 bits per heavy atom. The highest BCUT2D eigenvalue weighted by molar-refractivity contribution is 7.12. The topological polar surface area (TPSA) is 151 Å². The van der Waals surface area contributed by atoms with E-state index >= 15 is 0 Å². The van der Waals surface area contributed by atoms with Crippen molar-refractivity contribution in [1.29, 1.82) is 0 Å². The number of carbonyl (C=O) groups excluding carboxylic acids is 4. The van der Waals surface area contributed by atoms with Gasteiger partial charge in [0.05, 0.1) is 34.4 Å². The van der Waals surface area contributed by atoms with Gasteiger partial charge in [-0.15, -0.1) is 22.7 Å². The van der Waals surface area contributed by atoms with Crippen LogP contribution in [-0.2, 0) is 37.0 Å². The SMILES string of the molecule is CC(=O)Cl.CCOCCn1c2ccc(C(=O)c3cccs3)cc2c2cc(/C(C)=N/O)ccc21.CCOCCn1c2ccc(C(=O)c3cccs3)cc2c2cc(/C(C)=N/OC(C)=O)ccc21. The molecule has 0 saturated heterocycles. The molecule has 0 aliphatic rings. The van der Waals surface area contributed by atoms with Gasteiger partial charge in [0, 0.05) is 94.9 Å². The molecular weight excluding hydrogens is 884 g/mol. The van der Waals surface area contributed by atoms with Gasteiger partial charge >= 0.3 is 5.97 Å². The summed E-state index contributed by atoms with van der Waals surface area (Å²) in [5.41, 5.74) is 8.36. The first-order valence-electron chi connectivity index (χ1n) is 20.9. The molecule has 0 unspecified atom stereocenters. The second-order valence-electron chi connectivity index (χ2n) is 14.7. The van der Waals surface area contributed by atoms with Crippen molar-refractivity contribution in [3.8, 4) is 0 Å². The number of ether oxygens (including phenoxy) is 2. The molecule has 8 aromatic rings. The van der Waals surface area contributed by atoms with Gasteiger partial charge in [-0.05, 0) is 134 Å². The van der Waals surface area contributed by atoms with E-state index in [1.807, 2.05) is 122 Å². The molecule has 1 N–H and O–H groups in total. The van der Waals surface area contributed by atoms with Crippen molar-refractivity contribution in [2.45, 2.75) is 54.6 Å². The van der Waals surface area contributed by atoms with Crippen LogP contribution in [-0.4, -0.2) is 75.0 Å². The Kier molecular flexibility index (Phi) is 16.7. The molecule has 4 aromatic carbocycles. The summed E-state index contributed by atoms with van der Waals surface area (Å²) in [6.07, 6.45) is 0. The summed E-state index contributed by atoms with van der Waals surface area (Å²) in [7, 11) is 0. The van der Waals surface area contributed by atoms with Crippen molar-refractivity contribution in [3.63, 3.8) is 0 Å². The van der Waals surface area contributed by atoms with Gasteiger partial charge < -0.3 is 28.7 Å². The lowest BCUT2D eigenvalue weighted by atomic mass is 10.0. The average Bonchev–Trinajstić information content (AvgIpc) is 4.15. The van der Waals surface area contributed by atoms with E-state index < -0.39 is 5.97 Å². The van der Waals surface area contributed by atoms with Gasteiger partial charge in [-0.1, -0.05) is 34.6 Å². The normalized spacial score (nSPS) is 11.7. The molecule has 0 bridgehead atoms. The minimum absolute atomic E-state index is 0.0147.